The van der Waals surface area contributed by atoms with E-state index >= 15 is 0 Å². The zero-order chi connectivity index (χ0) is 17.7. The van der Waals surface area contributed by atoms with E-state index < -0.39 is 0 Å². The molecule has 138 valence electrons. The maximum atomic E-state index is 12.5. The molecule has 5 aliphatic rings. The van der Waals surface area contributed by atoms with E-state index in [4.69, 9.17) is 4.74 Å². The van der Waals surface area contributed by atoms with E-state index in [-0.39, 0.29) is 23.8 Å². The average molecular weight is 352 g/mol. The number of esters is 1. The largest absolute Gasteiger partial charge is 0.457 e. The minimum absolute atomic E-state index is 0.0708. The Balaban J connectivity index is 1.18. The molecule has 1 aromatic rings. The van der Waals surface area contributed by atoms with E-state index in [9.17, 15) is 9.59 Å². The fourth-order valence-corrected chi connectivity index (χ4v) is 6.84. The van der Waals surface area contributed by atoms with Crippen molar-refractivity contribution in [1.82, 2.24) is 0 Å². The van der Waals surface area contributed by atoms with Crippen molar-refractivity contribution in [3.8, 4) is 0 Å². The fraction of sp³-hybridized carbons (Fsp3) is 0.652. The molecule has 4 saturated carbocycles. The summed E-state index contributed by atoms with van der Waals surface area (Å²) in [4.78, 5) is 24.9. The summed E-state index contributed by atoms with van der Waals surface area (Å²) in [6.45, 7) is -0.107. The van der Waals surface area contributed by atoms with Crippen LogP contribution in [-0.2, 0) is 22.4 Å². The molecule has 6 rings (SSSR count). The lowest BCUT2D eigenvalue weighted by atomic mass is 9.49. The molecule has 0 N–H and O–H groups in total. The van der Waals surface area contributed by atoms with Gasteiger partial charge in [-0.15, -0.1) is 0 Å². The van der Waals surface area contributed by atoms with Crippen LogP contribution in [0.15, 0.2) is 18.2 Å². The molecule has 0 amide bonds. The van der Waals surface area contributed by atoms with Crippen molar-refractivity contribution in [2.24, 2.45) is 23.2 Å². The minimum atomic E-state index is -0.165. The number of Topliss-reactive ketones (excluding diaryl/α,β-unsaturated/α-hetero) is 1. The third-order valence-corrected chi connectivity index (χ3v) is 7.47. The molecule has 4 bridgehead atoms. The number of benzene rings is 1. The molecule has 26 heavy (non-hydrogen) atoms. The van der Waals surface area contributed by atoms with Gasteiger partial charge in [-0.2, -0.15) is 0 Å². The van der Waals surface area contributed by atoms with Gasteiger partial charge in [-0.1, -0.05) is 12.1 Å². The molecule has 0 spiro atoms. The van der Waals surface area contributed by atoms with Crippen LogP contribution in [0, 0.1) is 23.2 Å². The topological polar surface area (TPSA) is 43.4 Å². The highest BCUT2D eigenvalue weighted by Crippen LogP contribution is 2.61. The smallest absolute Gasteiger partial charge is 0.306 e. The highest BCUT2D eigenvalue weighted by molar-refractivity contribution is 5.98. The summed E-state index contributed by atoms with van der Waals surface area (Å²) in [5.41, 5.74) is 3.52. The number of ether oxygens (including phenoxy) is 1. The first-order valence-electron chi connectivity index (χ1n) is 10.4. The van der Waals surface area contributed by atoms with Crippen LogP contribution in [0.25, 0.3) is 0 Å². The lowest BCUT2D eigenvalue weighted by Crippen LogP contribution is -2.47. The van der Waals surface area contributed by atoms with Gasteiger partial charge in [-0.05, 0) is 98.1 Å². The van der Waals surface area contributed by atoms with Gasteiger partial charge in [0.15, 0.2) is 12.4 Å². The van der Waals surface area contributed by atoms with Gasteiger partial charge in [0, 0.05) is 5.56 Å². The van der Waals surface area contributed by atoms with Crippen LogP contribution in [0.1, 0.15) is 72.9 Å². The van der Waals surface area contributed by atoms with E-state index in [1.165, 1.54) is 56.1 Å². The molecule has 3 nitrogen and oxygen atoms in total. The van der Waals surface area contributed by atoms with Gasteiger partial charge < -0.3 is 4.74 Å². The Morgan fingerprint density at radius 1 is 0.962 bits per heavy atom. The maximum Gasteiger partial charge on any atom is 0.306 e. The molecular formula is C23H28O3. The Morgan fingerprint density at radius 2 is 1.62 bits per heavy atom. The van der Waals surface area contributed by atoms with E-state index in [1.807, 2.05) is 12.1 Å². The van der Waals surface area contributed by atoms with Crippen LogP contribution >= 0.6 is 0 Å². The lowest BCUT2D eigenvalue weighted by molar-refractivity contribution is -0.150. The molecule has 0 aromatic heterocycles. The zero-order valence-electron chi connectivity index (χ0n) is 15.5. The summed E-state index contributed by atoms with van der Waals surface area (Å²) < 4.78 is 5.43. The normalized spacial score (nSPS) is 33.9. The van der Waals surface area contributed by atoms with Crippen molar-refractivity contribution in [3.63, 3.8) is 0 Å². The van der Waals surface area contributed by atoms with Gasteiger partial charge in [0.05, 0.1) is 6.42 Å². The van der Waals surface area contributed by atoms with Crippen molar-refractivity contribution in [2.75, 3.05) is 6.61 Å². The van der Waals surface area contributed by atoms with Crippen LogP contribution in [-0.4, -0.2) is 18.4 Å². The summed E-state index contributed by atoms with van der Waals surface area (Å²) in [5, 5.41) is 0. The molecule has 0 unspecified atom stereocenters. The maximum absolute atomic E-state index is 12.5. The number of carbonyl (C=O) groups is 2. The number of carbonyl (C=O) groups excluding carboxylic acids is 2. The van der Waals surface area contributed by atoms with Gasteiger partial charge in [0.25, 0.3) is 0 Å². The Labute approximate surface area is 155 Å². The predicted molar refractivity (Wildman–Crippen MR) is 99.0 cm³/mol. The van der Waals surface area contributed by atoms with Gasteiger partial charge >= 0.3 is 5.97 Å². The molecule has 0 aliphatic heterocycles. The van der Waals surface area contributed by atoms with Crippen molar-refractivity contribution in [3.05, 3.63) is 34.9 Å². The van der Waals surface area contributed by atoms with E-state index in [2.05, 4.69) is 6.07 Å². The molecule has 0 heterocycles. The van der Waals surface area contributed by atoms with Crippen molar-refractivity contribution < 1.29 is 14.3 Å². The second-order valence-corrected chi connectivity index (χ2v) is 9.52. The van der Waals surface area contributed by atoms with Crippen LogP contribution in [0.5, 0.6) is 0 Å². The quantitative estimate of drug-likeness (QED) is 0.578. The Kier molecular flexibility index (Phi) is 3.95. The molecule has 1 aromatic carbocycles. The van der Waals surface area contributed by atoms with Crippen molar-refractivity contribution >= 4 is 11.8 Å². The molecule has 0 atom stereocenters. The Hall–Kier alpha value is -1.64. The van der Waals surface area contributed by atoms with E-state index in [0.717, 1.165) is 30.6 Å². The highest BCUT2D eigenvalue weighted by Gasteiger charge is 2.51. The van der Waals surface area contributed by atoms with Crippen molar-refractivity contribution in [2.45, 2.75) is 64.2 Å². The first-order valence-corrected chi connectivity index (χ1v) is 10.4. The van der Waals surface area contributed by atoms with Gasteiger partial charge in [0.1, 0.15) is 0 Å². The number of ketones is 1. The first-order chi connectivity index (χ1) is 12.6. The van der Waals surface area contributed by atoms with E-state index in [1.54, 1.807) is 0 Å². The Morgan fingerprint density at radius 3 is 2.31 bits per heavy atom. The number of hydrogen-bond donors (Lipinski definition) is 0. The molecule has 5 aliphatic carbocycles. The minimum Gasteiger partial charge on any atom is -0.457 e. The summed E-state index contributed by atoms with van der Waals surface area (Å²) in [6.07, 6.45) is 11.6. The predicted octanol–water partition coefficient (Wildman–Crippen LogP) is 4.51. The average Bonchev–Trinajstić information content (AvgIpc) is 3.05. The fourth-order valence-electron chi connectivity index (χ4n) is 6.84. The van der Waals surface area contributed by atoms with Crippen LogP contribution in [0.3, 0.4) is 0 Å². The summed E-state index contributed by atoms with van der Waals surface area (Å²) in [7, 11) is 0. The molecular weight excluding hydrogens is 324 g/mol. The zero-order valence-corrected chi connectivity index (χ0v) is 15.5. The third-order valence-electron chi connectivity index (χ3n) is 7.47. The number of aryl methyl sites for hydroxylation is 2. The molecule has 4 fully saturated rings. The van der Waals surface area contributed by atoms with Crippen LogP contribution in [0.2, 0.25) is 0 Å². The third kappa shape index (κ3) is 3.00. The number of fused-ring (bicyclic) bond motifs is 1. The second-order valence-electron chi connectivity index (χ2n) is 9.52. The SMILES string of the molecule is O=C(CC12CC3CC(CC(C3)C1)C2)OCC(=O)c1ccc2c(c1)CCC2. The highest BCUT2D eigenvalue weighted by atomic mass is 16.5. The molecule has 3 heteroatoms. The monoisotopic (exact) mass is 352 g/mol. The first kappa shape index (κ1) is 16.5. The summed E-state index contributed by atoms with van der Waals surface area (Å²) >= 11 is 0. The number of hydrogen-bond acceptors (Lipinski definition) is 3. The van der Waals surface area contributed by atoms with Crippen LogP contribution in [0.4, 0.5) is 0 Å². The van der Waals surface area contributed by atoms with Gasteiger partial charge in [-0.25, -0.2) is 0 Å². The summed E-state index contributed by atoms with van der Waals surface area (Å²) in [6, 6.07) is 5.95. The summed E-state index contributed by atoms with van der Waals surface area (Å²) in [5.74, 6) is 2.27. The van der Waals surface area contributed by atoms with Gasteiger partial charge in [-0.3, -0.25) is 9.59 Å². The molecule has 0 saturated heterocycles. The van der Waals surface area contributed by atoms with Crippen molar-refractivity contribution in [1.29, 1.82) is 0 Å². The van der Waals surface area contributed by atoms with E-state index in [0.29, 0.717) is 12.0 Å². The lowest BCUT2D eigenvalue weighted by Gasteiger charge is -2.56. The van der Waals surface area contributed by atoms with Crippen LogP contribution < -0.4 is 0 Å². The number of rotatable bonds is 5. The molecule has 0 radical (unpaired) electrons. The van der Waals surface area contributed by atoms with Gasteiger partial charge in [0.2, 0.25) is 0 Å². The Bertz CT molecular complexity index is 713. The second kappa shape index (κ2) is 6.21. The standard InChI is InChI=1S/C23H28O3/c24-21(20-5-4-18-2-1-3-19(18)9-20)14-26-22(25)13-23-10-15-6-16(11-23)8-17(7-15)12-23/h4-5,9,15-17H,1-3,6-8,10-14H2.